The SMILES string of the molecule is CCCS(=O)(=O)c1ccc(OC)c(C(=O)Nc2cccc3c2CCN(C)C3)c1.COc1cc(OC)c(C(=O)Nc2cccc3c2CCNC3)cc1Br. The zero-order valence-electron chi connectivity index (χ0n) is 30.1. The topological polar surface area (TPSA) is 135 Å². The Labute approximate surface area is 314 Å². The Morgan fingerprint density at radius 2 is 1.42 bits per heavy atom. The van der Waals surface area contributed by atoms with Gasteiger partial charge in [0, 0.05) is 37.1 Å². The molecule has 0 saturated heterocycles. The molecule has 6 rings (SSSR count). The van der Waals surface area contributed by atoms with Crippen LogP contribution in [0.1, 0.15) is 56.3 Å². The van der Waals surface area contributed by atoms with Gasteiger partial charge in [0.05, 0.1) is 47.6 Å². The first-order valence-corrected chi connectivity index (χ1v) is 19.5. The number of benzene rings is 4. The molecule has 2 aliphatic rings. The predicted molar refractivity (Wildman–Crippen MR) is 207 cm³/mol. The highest BCUT2D eigenvalue weighted by Gasteiger charge is 2.23. The second kappa shape index (κ2) is 17.4. The summed E-state index contributed by atoms with van der Waals surface area (Å²) in [6.07, 6.45) is 2.26. The van der Waals surface area contributed by atoms with Crippen LogP contribution in [-0.4, -0.2) is 72.4 Å². The van der Waals surface area contributed by atoms with Crippen molar-refractivity contribution in [3.05, 3.63) is 105 Å². The van der Waals surface area contributed by atoms with E-state index >= 15 is 0 Å². The van der Waals surface area contributed by atoms with Gasteiger partial charge in [0.2, 0.25) is 0 Å². The molecule has 0 spiro atoms. The van der Waals surface area contributed by atoms with Gasteiger partial charge in [0.1, 0.15) is 17.2 Å². The lowest BCUT2D eigenvalue weighted by molar-refractivity contribution is 0.101. The van der Waals surface area contributed by atoms with Crippen molar-refractivity contribution in [3.8, 4) is 17.2 Å². The average Bonchev–Trinajstić information content (AvgIpc) is 3.14. The van der Waals surface area contributed by atoms with Crippen molar-refractivity contribution in [1.82, 2.24) is 10.2 Å². The lowest BCUT2D eigenvalue weighted by atomic mass is 9.98. The van der Waals surface area contributed by atoms with Crippen LogP contribution >= 0.6 is 15.9 Å². The van der Waals surface area contributed by atoms with Gasteiger partial charge >= 0.3 is 0 Å². The van der Waals surface area contributed by atoms with Gasteiger partial charge in [-0.1, -0.05) is 31.2 Å². The number of amides is 2. The summed E-state index contributed by atoms with van der Waals surface area (Å²) in [5.74, 6) is 0.892. The van der Waals surface area contributed by atoms with Crippen LogP contribution in [-0.2, 0) is 35.8 Å². The van der Waals surface area contributed by atoms with Gasteiger partial charge in [0.15, 0.2) is 9.84 Å². The molecule has 3 N–H and O–H groups in total. The minimum atomic E-state index is -3.43. The number of methoxy groups -OCH3 is 3. The Bertz CT molecular complexity index is 2050. The Morgan fingerprint density at radius 1 is 0.808 bits per heavy atom. The molecule has 0 unspecified atom stereocenters. The molecule has 276 valence electrons. The van der Waals surface area contributed by atoms with Gasteiger partial charge in [-0.25, -0.2) is 8.42 Å². The molecule has 4 aromatic rings. The minimum Gasteiger partial charge on any atom is -0.496 e. The van der Waals surface area contributed by atoms with Crippen LogP contribution in [0.25, 0.3) is 0 Å². The summed E-state index contributed by atoms with van der Waals surface area (Å²) in [7, 11) is 3.22. The molecule has 4 aromatic carbocycles. The van der Waals surface area contributed by atoms with Crippen molar-refractivity contribution in [2.45, 2.75) is 44.2 Å². The second-order valence-electron chi connectivity index (χ2n) is 12.6. The fourth-order valence-electron chi connectivity index (χ4n) is 6.38. The van der Waals surface area contributed by atoms with E-state index in [1.807, 2.05) is 31.2 Å². The molecular weight excluding hydrogens is 748 g/mol. The van der Waals surface area contributed by atoms with Gasteiger partial charge < -0.3 is 35.1 Å². The van der Waals surface area contributed by atoms with E-state index in [1.165, 1.54) is 49.1 Å². The maximum Gasteiger partial charge on any atom is 0.259 e. The van der Waals surface area contributed by atoms with E-state index in [-0.39, 0.29) is 28.0 Å². The Balaban J connectivity index is 0.000000203. The summed E-state index contributed by atoms with van der Waals surface area (Å²) in [5.41, 5.74) is 7.02. The number of rotatable bonds is 10. The number of hydrogen-bond acceptors (Lipinski definition) is 9. The highest BCUT2D eigenvalue weighted by molar-refractivity contribution is 9.10. The Hall–Kier alpha value is -4.43. The third kappa shape index (κ3) is 8.95. The maximum atomic E-state index is 13.0. The molecule has 0 atom stereocenters. The Morgan fingerprint density at radius 3 is 2.06 bits per heavy atom. The van der Waals surface area contributed by atoms with Crippen molar-refractivity contribution < 1.29 is 32.2 Å². The summed E-state index contributed by atoms with van der Waals surface area (Å²) in [5, 5.41) is 9.31. The van der Waals surface area contributed by atoms with E-state index in [1.54, 1.807) is 19.2 Å². The number of fused-ring (bicyclic) bond motifs is 2. The normalized spacial score (nSPS) is 13.8. The van der Waals surface area contributed by atoms with Crippen LogP contribution in [0.4, 0.5) is 11.4 Å². The highest BCUT2D eigenvalue weighted by Crippen LogP contribution is 2.34. The molecular formula is C39H45BrN4O7S. The average molecular weight is 794 g/mol. The number of nitrogens with one attached hydrogen (secondary N) is 3. The molecule has 0 aliphatic carbocycles. The zero-order valence-corrected chi connectivity index (χ0v) is 32.5. The largest absolute Gasteiger partial charge is 0.496 e. The van der Waals surface area contributed by atoms with Crippen LogP contribution in [0.15, 0.2) is 76.1 Å². The zero-order chi connectivity index (χ0) is 37.4. The number of nitrogens with zero attached hydrogens (tertiary/aromatic N) is 1. The predicted octanol–water partition coefficient (Wildman–Crippen LogP) is 6.48. The van der Waals surface area contributed by atoms with Gasteiger partial charge in [-0.15, -0.1) is 0 Å². The number of anilines is 2. The van der Waals surface area contributed by atoms with E-state index in [0.717, 1.165) is 56.0 Å². The number of ether oxygens (including phenoxy) is 3. The molecule has 11 nitrogen and oxygen atoms in total. The third-order valence-electron chi connectivity index (χ3n) is 9.06. The van der Waals surface area contributed by atoms with Gasteiger partial charge in [-0.3, -0.25) is 9.59 Å². The molecule has 13 heteroatoms. The van der Waals surface area contributed by atoms with Crippen LogP contribution in [0, 0.1) is 0 Å². The first-order chi connectivity index (χ1) is 25.0. The molecule has 0 aromatic heterocycles. The second-order valence-corrected chi connectivity index (χ2v) is 15.5. The fraction of sp³-hybridized carbons (Fsp3) is 0.333. The smallest absolute Gasteiger partial charge is 0.259 e. The van der Waals surface area contributed by atoms with Gasteiger partial charge in [-0.2, -0.15) is 0 Å². The number of hydrogen-bond donors (Lipinski definition) is 3. The molecule has 52 heavy (non-hydrogen) atoms. The summed E-state index contributed by atoms with van der Waals surface area (Å²) >= 11 is 3.42. The first-order valence-electron chi connectivity index (χ1n) is 17.0. The van der Waals surface area contributed by atoms with Crippen LogP contribution in [0.5, 0.6) is 17.2 Å². The minimum absolute atomic E-state index is 0.0418. The van der Waals surface area contributed by atoms with E-state index in [4.69, 9.17) is 14.2 Å². The van der Waals surface area contributed by atoms with Crippen LogP contribution in [0.3, 0.4) is 0 Å². The van der Waals surface area contributed by atoms with Crippen molar-refractivity contribution in [3.63, 3.8) is 0 Å². The molecule has 2 amide bonds. The van der Waals surface area contributed by atoms with Gasteiger partial charge in [0.25, 0.3) is 11.8 Å². The lowest BCUT2D eigenvalue weighted by Crippen LogP contribution is -2.27. The summed E-state index contributed by atoms with van der Waals surface area (Å²) in [4.78, 5) is 28.1. The van der Waals surface area contributed by atoms with Crippen molar-refractivity contribution in [2.24, 2.45) is 0 Å². The summed E-state index contributed by atoms with van der Waals surface area (Å²) in [6.45, 7) is 5.32. The van der Waals surface area contributed by atoms with Gasteiger partial charge in [-0.05, 0) is 107 Å². The molecule has 2 heterocycles. The molecule has 0 radical (unpaired) electrons. The van der Waals surface area contributed by atoms with E-state index in [2.05, 4.69) is 56.0 Å². The third-order valence-corrected chi connectivity index (χ3v) is 11.6. The van der Waals surface area contributed by atoms with Crippen molar-refractivity contribution in [2.75, 3.05) is 57.9 Å². The van der Waals surface area contributed by atoms with Crippen molar-refractivity contribution in [1.29, 1.82) is 0 Å². The summed E-state index contributed by atoms with van der Waals surface area (Å²) in [6, 6.07) is 19.7. The highest BCUT2D eigenvalue weighted by atomic mass is 79.9. The van der Waals surface area contributed by atoms with E-state index in [9.17, 15) is 18.0 Å². The number of likely N-dealkylation sites (N-methyl/N-ethyl adjacent to an activating group) is 1. The van der Waals surface area contributed by atoms with Crippen LogP contribution in [0.2, 0.25) is 0 Å². The molecule has 0 bridgehead atoms. The maximum absolute atomic E-state index is 13.0. The monoisotopic (exact) mass is 792 g/mol. The number of carbonyl (C=O) groups excluding carboxylic acids is 2. The summed E-state index contributed by atoms with van der Waals surface area (Å²) < 4.78 is 41.4. The fourth-order valence-corrected chi connectivity index (χ4v) is 8.23. The first kappa shape index (κ1) is 38.8. The van der Waals surface area contributed by atoms with Crippen LogP contribution < -0.4 is 30.2 Å². The van der Waals surface area contributed by atoms with E-state index in [0.29, 0.717) is 33.7 Å². The number of carbonyl (C=O) groups is 2. The number of sulfone groups is 1. The quantitative estimate of drug-likeness (QED) is 0.165. The lowest BCUT2D eigenvalue weighted by Gasteiger charge is -2.26. The molecule has 0 fully saturated rings. The Kier molecular flexibility index (Phi) is 13.0. The van der Waals surface area contributed by atoms with E-state index < -0.39 is 9.84 Å². The molecule has 0 saturated carbocycles. The van der Waals surface area contributed by atoms with Crippen molar-refractivity contribution >= 4 is 49.0 Å². The standard InChI is InChI=1S/C21H26N2O4S.C18H19BrN2O3/c1-4-12-28(25,26)16-8-9-20(27-3)18(13-16)21(24)22-19-7-5-6-15-14-23(2)11-10-17(15)19;1-23-16-9-17(24-2)14(19)8-13(16)18(22)21-15-5-3-4-11-10-20-7-6-12(11)15/h5-9,13H,4,10-12,14H2,1-3H3,(H,22,24);3-5,8-9,20H,6-7,10H2,1-2H3,(H,21,22). The molecule has 2 aliphatic heterocycles. The number of halogens is 1.